The van der Waals surface area contributed by atoms with E-state index in [4.69, 9.17) is 16.7 Å². The lowest BCUT2D eigenvalue weighted by Crippen LogP contribution is -2.11. The largest absolute Gasteiger partial charge is 0.391 e. The molecule has 0 fully saturated rings. The molecule has 0 aliphatic carbocycles. The second-order valence-electron chi connectivity index (χ2n) is 2.59. The lowest BCUT2D eigenvalue weighted by atomic mass is 10.3. The number of alkyl halides is 1. The maximum Gasteiger partial charge on any atom is 0.0765 e. The molecule has 0 saturated heterocycles. The smallest absolute Gasteiger partial charge is 0.0765 e. The number of halogens is 1. The summed E-state index contributed by atoms with van der Waals surface area (Å²) in [6, 6.07) is 0. The van der Waals surface area contributed by atoms with E-state index in [9.17, 15) is 0 Å². The third-order valence-electron chi connectivity index (χ3n) is 1.38. The van der Waals surface area contributed by atoms with Crippen LogP contribution in [0.3, 0.4) is 0 Å². The van der Waals surface area contributed by atoms with Crippen LogP contribution in [0.5, 0.6) is 0 Å². The molecule has 1 atom stereocenters. The predicted molar refractivity (Wildman–Crippen MR) is 53.6 cm³/mol. The van der Waals surface area contributed by atoms with Gasteiger partial charge in [-0.25, -0.2) is 0 Å². The summed E-state index contributed by atoms with van der Waals surface area (Å²) in [7, 11) is 0. The Morgan fingerprint density at radius 1 is 1.45 bits per heavy atom. The van der Waals surface area contributed by atoms with Gasteiger partial charge in [-0.1, -0.05) is 19.8 Å². The van der Waals surface area contributed by atoms with Crippen molar-refractivity contribution in [1.82, 2.24) is 0 Å². The minimum atomic E-state index is -0.316. The number of hydrogen-bond acceptors (Lipinski definition) is 2. The highest BCUT2D eigenvalue weighted by Gasteiger charge is 2.00. The first-order valence-electron chi connectivity index (χ1n) is 4.13. The fourth-order valence-corrected chi connectivity index (χ4v) is 1.92. The molecule has 0 rings (SSSR count). The predicted octanol–water partition coefficient (Wildman–Crippen LogP) is 2.51. The molecule has 0 heterocycles. The minimum absolute atomic E-state index is 0.316. The van der Waals surface area contributed by atoms with Crippen molar-refractivity contribution in [3.63, 3.8) is 0 Å². The van der Waals surface area contributed by atoms with E-state index in [1.165, 1.54) is 19.3 Å². The molecule has 0 spiro atoms. The number of unbranched alkanes of at least 4 members (excludes halogenated alkanes) is 2. The minimum Gasteiger partial charge on any atom is -0.391 e. The van der Waals surface area contributed by atoms with Crippen molar-refractivity contribution in [2.24, 2.45) is 0 Å². The van der Waals surface area contributed by atoms with Crippen LogP contribution >= 0.6 is 23.4 Å². The fraction of sp³-hybridized carbons (Fsp3) is 1.00. The quantitative estimate of drug-likeness (QED) is 0.499. The van der Waals surface area contributed by atoms with Crippen molar-refractivity contribution in [2.45, 2.75) is 32.3 Å². The average molecular weight is 197 g/mol. The van der Waals surface area contributed by atoms with Crippen molar-refractivity contribution >= 4 is 23.4 Å². The monoisotopic (exact) mass is 196 g/mol. The molecule has 11 heavy (non-hydrogen) atoms. The fourth-order valence-electron chi connectivity index (χ4n) is 0.718. The maximum absolute atomic E-state index is 9.06. The third-order valence-corrected chi connectivity index (χ3v) is 2.93. The van der Waals surface area contributed by atoms with E-state index in [1.807, 2.05) is 0 Å². The summed E-state index contributed by atoms with van der Waals surface area (Å²) >= 11 is 7.22. The SMILES string of the molecule is CCCCCSCC(O)CCl. The molecule has 68 valence electrons. The molecule has 1 unspecified atom stereocenters. The van der Waals surface area contributed by atoms with Crippen molar-refractivity contribution < 1.29 is 5.11 Å². The summed E-state index contributed by atoms with van der Waals surface area (Å²) in [5.74, 6) is 2.30. The Labute approximate surface area is 78.5 Å². The molecule has 1 N–H and O–H groups in total. The summed E-state index contributed by atoms with van der Waals surface area (Å²) in [4.78, 5) is 0. The molecule has 0 aromatic carbocycles. The Morgan fingerprint density at radius 3 is 2.73 bits per heavy atom. The zero-order valence-electron chi connectivity index (χ0n) is 7.05. The van der Waals surface area contributed by atoms with E-state index in [-0.39, 0.29) is 6.10 Å². The van der Waals surface area contributed by atoms with Crippen LogP contribution in [0.25, 0.3) is 0 Å². The average Bonchev–Trinajstić information content (AvgIpc) is 2.04. The number of aliphatic hydroxyl groups is 1. The Balaban J connectivity index is 2.89. The van der Waals surface area contributed by atoms with E-state index in [0.29, 0.717) is 5.88 Å². The van der Waals surface area contributed by atoms with Crippen LogP contribution in [0.4, 0.5) is 0 Å². The molecule has 0 aliphatic heterocycles. The number of hydrogen-bond donors (Lipinski definition) is 1. The van der Waals surface area contributed by atoms with Gasteiger partial charge in [0.1, 0.15) is 0 Å². The standard InChI is InChI=1S/C8H17ClOS/c1-2-3-4-5-11-7-8(10)6-9/h8,10H,2-7H2,1H3. The van der Waals surface area contributed by atoms with Gasteiger partial charge < -0.3 is 5.11 Å². The summed E-state index contributed by atoms with van der Waals surface area (Å²) in [5.41, 5.74) is 0. The van der Waals surface area contributed by atoms with Crippen LogP contribution in [0.15, 0.2) is 0 Å². The molecule has 0 radical (unpaired) electrons. The summed E-state index contributed by atoms with van der Waals surface area (Å²) in [6.07, 6.45) is 3.50. The second kappa shape index (κ2) is 8.69. The van der Waals surface area contributed by atoms with Gasteiger partial charge in [0.15, 0.2) is 0 Å². The van der Waals surface area contributed by atoms with Crippen LogP contribution in [-0.4, -0.2) is 28.6 Å². The van der Waals surface area contributed by atoms with E-state index >= 15 is 0 Å². The van der Waals surface area contributed by atoms with Gasteiger partial charge in [0, 0.05) is 11.6 Å². The van der Waals surface area contributed by atoms with Crippen LogP contribution in [-0.2, 0) is 0 Å². The number of rotatable bonds is 7. The van der Waals surface area contributed by atoms with Gasteiger partial charge in [0.05, 0.1) is 6.10 Å². The van der Waals surface area contributed by atoms with Crippen molar-refractivity contribution in [3.8, 4) is 0 Å². The molecule has 3 heteroatoms. The van der Waals surface area contributed by atoms with Gasteiger partial charge in [-0.15, -0.1) is 11.6 Å². The molecule has 0 saturated carbocycles. The lowest BCUT2D eigenvalue weighted by Gasteiger charge is -2.04. The van der Waals surface area contributed by atoms with E-state index in [0.717, 1.165) is 11.5 Å². The highest BCUT2D eigenvalue weighted by molar-refractivity contribution is 7.99. The summed E-state index contributed by atoms with van der Waals surface area (Å²) in [6.45, 7) is 2.19. The van der Waals surface area contributed by atoms with Crippen LogP contribution in [0, 0.1) is 0 Å². The number of thioether (sulfide) groups is 1. The molecule has 0 aliphatic rings. The Morgan fingerprint density at radius 2 is 2.18 bits per heavy atom. The van der Waals surface area contributed by atoms with Crippen LogP contribution in [0.2, 0.25) is 0 Å². The first kappa shape index (κ1) is 11.6. The highest BCUT2D eigenvalue weighted by Crippen LogP contribution is 2.08. The van der Waals surface area contributed by atoms with Crippen molar-refractivity contribution in [3.05, 3.63) is 0 Å². The van der Waals surface area contributed by atoms with Gasteiger partial charge in [0.25, 0.3) is 0 Å². The summed E-state index contributed by atoms with van der Waals surface area (Å²) in [5, 5.41) is 9.06. The molecule has 0 aromatic rings. The van der Waals surface area contributed by atoms with Crippen LogP contribution in [0.1, 0.15) is 26.2 Å². The first-order valence-corrected chi connectivity index (χ1v) is 5.82. The Hall–Kier alpha value is 0.600. The zero-order chi connectivity index (χ0) is 8.53. The van der Waals surface area contributed by atoms with Gasteiger partial charge in [0.2, 0.25) is 0 Å². The number of aliphatic hydroxyl groups excluding tert-OH is 1. The molecule has 0 amide bonds. The normalized spacial score (nSPS) is 13.4. The van der Waals surface area contributed by atoms with Gasteiger partial charge in [-0.05, 0) is 12.2 Å². The molecule has 0 bridgehead atoms. The van der Waals surface area contributed by atoms with E-state index in [1.54, 1.807) is 11.8 Å². The lowest BCUT2D eigenvalue weighted by molar-refractivity contribution is 0.223. The Kier molecular flexibility index (Phi) is 9.17. The summed E-state index contributed by atoms with van der Waals surface area (Å²) < 4.78 is 0. The third kappa shape index (κ3) is 8.51. The maximum atomic E-state index is 9.06. The van der Waals surface area contributed by atoms with Crippen LogP contribution < -0.4 is 0 Å². The van der Waals surface area contributed by atoms with Gasteiger partial charge >= 0.3 is 0 Å². The molecular formula is C8H17ClOS. The Bertz CT molecular complexity index is 80.5. The van der Waals surface area contributed by atoms with Crippen molar-refractivity contribution in [1.29, 1.82) is 0 Å². The molecular weight excluding hydrogens is 180 g/mol. The topological polar surface area (TPSA) is 20.2 Å². The highest BCUT2D eigenvalue weighted by atomic mass is 35.5. The van der Waals surface area contributed by atoms with E-state index < -0.39 is 0 Å². The molecule has 1 nitrogen and oxygen atoms in total. The van der Waals surface area contributed by atoms with Gasteiger partial charge in [-0.2, -0.15) is 11.8 Å². The first-order chi connectivity index (χ1) is 5.31. The zero-order valence-corrected chi connectivity index (χ0v) is 8.63. The molecule has 0 aromatic heterocycles. The van der Waals surface area contributed by atoms with E-state index in [2.05, 4.69) is 6.92 Å². The van der Waals surface area contributed by atoms with Crippen molar-refractivity contribution in [2.75, 3.05) is 17.4 Å². The second-order valence-corrected chi connectivity index (χ2v) is 4.05. The van der Waals surface area contributed by atoms with Gasteiger partial charge in [-0.3, -0.25) is 0 Å².